The van der Waals surface area contributed by atoms with Crippen molar-refractivity contribution in [2.24, 2.45) is 5.92 Å². The third-order valence-corrected chi connectivity index (χ3v) is 4.18. The van der Waals surface area contributed by atoms with Crippen molar-refractivity contribution in [1.82, 2.24) is 25.2 Å². The number of para-hydroxylation sites is 1. The Kier molecular flexibility index (Phi) is 5.25. The largest absolute Gasteiger partial charge is 0.382 e. The first kappa shape index (κ1) is 18.0. The number of nitrogens with zero attached hydrogens (tertiary/aromatic N) is 3. The molecule has 0 radical (unpaired) electrons. The lowest BCUT2D eigenvalue weighted by Crippen LogP contribution is -2.36. The van der Waals surface area contributed by atoms with Crippen LogP contribution in [0.1, 0.15) is 33.0 Å². The van der Waals surface area contributed by atoms with Gasteiger partial charge in [0.05, 0.1) is 17.6 Å². The van der Waals surface area contributed by atoms with Gasteiger partial charge >= 0.3 is 6.03 Å². The lowest BCUT2D eigenvalue weighted by molar-refractivity contribution is 0.240. The number of imidazole rings is 1. The number of rotatable bonds is 6. The lowest BCUT2D eigenvalue weighted by atomic mass is 10.1. The van der Waals surface area contributed by atoms with Crippen LogP contribution >= 0.6 is 0 Å². The minimum absolute atomic E-state index is 0.189. The van der Waals surface area contributed by atoms with Gasteiger partial charge < -0.3 is 20.9 Å². The van der Waals surface area contributed by atoms with E-state index in [1.807, 2.05) is 31.2 Å². The Balaban J connectivity index is 2.06. The van der Waals surface area contributed by atoms with Crippen LogP contribution in [0.2, 0.25) is 0 Å². The van der Waals surface area contributed by atoms with Gasteiger partial charge in [-0.15, -0.1) is 0 Å². The molecule has 0 aliphatic heterocycles. The van der Waals surface area contributed by atoms with Crippen LogP contribution in [-0.2, 0) is 13.1 Å². The van der Waals surface area contributed by atoms with Crippen LogP contribution in [0, 0.1) is 5.92 Å². The van der Waals surface area contributed by atoms with Gasteiger partial charge in [0.2, 0.25) is 0 Å². The monoisotopic (exact) mass is 354 g/mol. The van der Waals surface area contributed by atoms with Gasteiger partial charge in [-0.3, -0.25) is 0 Å². The number of amides is 2. The minimum atomic E-state index is -0.189. The maximum atomic E-state index is 11.9. The van der Waals surface area contributed by atoms with Crippen molar-refractivity contribution in [3.05, 3.63) is 30.1 Å². The zero-order valence-corrected chi connectivity index (χ0v) is 15.5. The molecule has 0 atom stereocenters. The van der Waals surface area contributed by atoms with E-state index in [1.165, 1.54) is 0 Å². The van der Waals surface area contributed by atoms with E-state index in [-0.39, 0.29) is 6.03 Å². The molecular formula is C19H26N6O. The Bertz CT molecular complexity index is 931. The van der Waals surface area contributed by atoms with Gasteiger partial charge in [0.1, 0.15) is 11.3 Å². The summed E-state index contributed by atoms with van der Waals surface area (Å²) in [6, 6.07) is 7.74. The number of hydrogen-bond donors (Lipinski definition) is 3. The third kappa shape index (κ3) is 3.56. The highest BCUT2D eigenvalue weighted by Gasteiger charge is 2.18. The Hall–Kier alpha value is -2.83. The quantitative estimate of drug-likeness (QED) is 0.634. The predicted molar refractivity (Wildman–Crippen MR) is 105 cm³/mol. The second-order valence-electron chi connectivity index (χ2n) is 6.85. The Morgan fingerprint density at radius 1 is 1.23 bits per heavy atom. The summed E-state index contributed by atoms with van der Waals surface area (Å²) in [5, 5.41) is 6.71. The summed E-state index contributed by atoms with van der Waals surface area (Å²) in [4.78, 5) is 21.1. The Morgan fingerprint density at radius 2 is 2.00 bits per heavy atom. The van der Waals surface area contributed by atoms with Crippen LogP contribution in [0.3, 0.4) is 0 Å². The van der Waals surface area contributed by atoms with E-state index in [1.54, 1.807) is 0 Å². The molecule has 2 amide bonds. The number of urea groups is 1. The molecule has 0 saturated heterocycles. The van der Waals surface area contributed by atoms with Crippen LogP contribution in [0.15, 0.2) is 24.3 Å². The molecule has 1 aromatic carbocycles. The SMILES string of the molecule is CCCNC(=O)NCc1nc2c(N)nc3ccccc3c2n1CC(C)C. The molecule has 7 nitrogen and oxygen atoms in total. The number of benzene rings is 1. The van der Waals surface area contributed by atoms with Crippen molar-refractivity contribution in [2.45, 2.75) is 40.3 Å². The molecule has 26 heavy (non-hydrogen) atoms. The van der Waals surface area contributed by atoms with Gasteiger partial charge in [-0.1, -0.05) is 39.0 Å². The number of pyridine rings is 1. The zero-order valence-electron chi connectivity index (χ0n) is 15.5. The summed E-state index contributed by atoms with van der Waals surface area (Å²) in [7, 11) is 0. The van der Waals surface area contributed by atoms with Gasteiger partial charge in [-0.25, -0.2) is 14.8 Å². The van der Waals surface area contributed by atoms with Crippen molar-refractivity contribution < 1.29 is 4.79 Å². The molecule has 2 aromatic heterocycles. The number of carbonyl (C=O) groups is 1. The number of carbonyl (C=O) groups excluding carboxylic acids is 1. The summed E-state index contributed by atoms with van der Waals surface area (Å²) in [5.74, 6) is 1.62. The van der Waals surface area contributed by atoms with Crippen LogP contribution in [0.4, 0.5) is 10.6 Å². The average molecular weight is 354 g/mol. The number of anilines is 1. The van der Waals surface area contributed by atoms with E-state index in [2.05, 4.69) is 34.0 Å². The second kappa shape index (κ2) is 7.59. The van der Waals surface area contributed by atoms with Gasteiger partial charge in [-0.05, 0) is 18.4 Å². The molecule has 0 bridgehead atoms. The van der Waals surface area contributed by atoms with E-state index in [0.717, 1.165) is 35.2 Å². The van der Waals surface area contributed by atoms with E-state index in [9.17, 15) is 4.79 Å². The number of nitrogen functional groups attached to an aromatic ring is 1. The maximum Gasteiger partial charge on any atom is 0.315 e. The highest BCUT2D eigenvalue weighted by Crippen LogP contribution is 2.29. The van der Waals surface area contributed by atoms with Crippen molar-refractivity contribution in [3.8, 4) is 0 Å². The maximum absolute atomic E-state index is 11.9. The topological polar surface area (TPSA) is 97.9 Å². The summed E-state index contributed by atoms with van der Waals surface area (Å²) < 4.78 is 2.15. The minimum Gasteiger partial charge on any atom is -0.382 e. The van der Waals surface area contributed by atoms with Gasteiger partial charge in [0.15, 0.2) is 5.82 Å². The molecule has 2 heterocycles. The van der Waals surface area contributed by atoms with Crippen molar-refractivity contribution >= 4 is 33.8 Å². The summed E-state index contributed by atoms with van der Waals surface area (Å²) >= 11 is 0. The first-order valence-corrected chi connectivity index (χ1v) is 9.06. The van der Waals surface area contributed by atoms with Crippen LogP contribution in [0.5, 0.6) is 0 Å². The summed E-state index contributed by atoms with van der Waals surface area (Å²) in [6.45, 7) is 8.11. The Labute approximate surface area is 153 Å². The molecule has 0 aliphatic rings. The summed E-state index contributed by atoms with van der Waals surface area (Å²) in [6.07, 6.45) is 0.896. The highest BCUT2D eigenvalue weighted by atomic mass is 16.2. The predicted octanol–water partition coefficient (Wildman–Crippen LogP) is 3.03. The fourth-order valence-corrected chi connectivity index (χ4v) is 3.06. The second-order valence-corrected chi connectivity index (χ2v) is 6.85. The van der Waals surface area contributed by atoms with Gasteiger partial charge in [0.25, 0.3) is 0 Å². The summed E-state index contributed by atoms with van der Waals surface area (Å²) in [5.41, 5.74) is 8.69. The van der Waals surface area contributed by atoms with E-state index in [0.29, 0.717) is 30.3 Å². The number of nitrogens with one attached hydrogen (secondary N) is 2. The van der Waals surface area contributed by atoms with Crippen molar-refractivity contribution in [1.29, 1.82) is 0 Å². The standard InChI is InChI=1S/C19H26N6O/c1-4-9-21-19(26)22-10-15-24-16-17(25(15)11-12(2)3)13-7-5-6-8-14(13)23-18(16)20/h5-8,12H,4,9-11H2,1-3H3,(H2,20,23)(H2,21,22,26). The molecule has 0 spiro atoms. The average Bonchev–Trinajstić information content (AvgIpc) is 2.97. The molecule has 0 aliphatic carbocycles. The van der Waals surface area contributed by atoms with Crippen LogP contribution < -0.4 is 16.4 Å². The van der Waals surface area contributed by atoms with E-state index >= 15 is 0 Å². The number of hydrogen-bond acceptors (Lipinski definition) is 4. The Morgan fingerprint density at radius 3 is 2.73 bits per heavy atom. The van der Waals surface area contributed by atoms with E-state index < -0.39 is 0 Å². The first-order chi connectivity index (χ1) is 12.5. The lowest BCUT2D eigenvalue weighted by Gasteiger charge is -2.13. The van der Waals surface area contributed by atoms with Crippen LogP contribution in [-0.4, -0.2) is 27.1 Å². The van der Waals surface area contributed by atoms with Crippen molar-refractivity contribution in [2.75, 3.05) is 12.3 Å². The molecular weight excluding hydrogens is 328 g/mol. The molecule has 3 rings (SSSR count). The zero-order chi connectivity index (χ0) is 18.7. The fraction of sp³-hybridized carbons (Fsp3) is 0.421. The number of nitrogens with two attached hydrogens (primary N) is 1. The van der Waals surface area contributed by atoms with Crippen LogP contribution in [0.25, 0.3) is 21.9 Å². The van der Waals surface area contributed by atoms with Gasteiger partial charge in [0, 0.05) is 18.5 Å². The smallest absolute Gasteiger partial charge is 0.315 e. The van der Waals surface area contributed by atoms with Crippen molar-refractivity contribution in [3.63, 3.8) is 0 Å². The molecule has 0 unspecified atom stereocenters. The van der Waals surface area contributed by atoms with Gasteiger partial charge in [-0.2, -0.15) is 0 Å². The number of fused-ring (bicyclic) bond motifs is 3. The molecule has 0 fully saturated rings. The first-order valence-electron chi connectivity index (χ1n) is 9.06. The number of aromatic nitrogens is 3. The third-order valence-electron chi connectivity index (χ3n) is 4.18. The van der Waals surface area contributed by atoms with E-state index in [4.69, 9.17) is 10.7 Å². The molecule has 7 heteroatoms. The molecule has 3 aromatic rings. The highest BCUT2D eigenvalue weighted by molar-refractivity contribution is 6.06. The molecule has 0 saturated carbocycles. The normalized spacial score (nSPS) is 11.4. The molecule has 138 valence electrons. The fourth-order valence-electron chi connectivity index (χ4n) is 3.06. The molecule has 4 N–H and O–H groups in total.